The summed E-state index contributed by atoms with van der Waals surface area (Å²) < 4.78 is 0. The fraction of sp³-hybridized carbons (Fsp3) is 0.909. The van der Waals surface area contributed by atoms with Crippen LogP contribution in [0.15, 0.2) is 0 Å². The van der Waals surface area contributed by atoms with Gasteiger partial charge in [-0.3, -0.25) is 0 Å². The minimum absolute atomic E-state index is 0.646. The summed E-state index contributed by atoms with van der Waals surface area (Å²) in [6.45, 7) is 3.15. The molecule has 1 rings (SSSR count). The molecule has 1 N–H and O–H groups in total. The third-order valence-electron chi connectivity index (χ3n) is 3.03. The van der Waals surface area contributed by atoms with Gasteiger partial charge in [0.25, 0.3) is 0 Å². The van der Waals surface area contributed by atoms with Crippen LogP contribution in [0.1, 0.15) is 45.4 Å². The molecule has 74 valence electrons. The van der Waals surface area contributed by atoms with E-state index in [0.29, 0.717) is 12.5 Å². The van der Waals surface area contributed by atoms with Crippen molar-refractivity contribution in [2.75, 3.05) is 6.54 Å². The molecule has 1 fully saturated rings. The molecule has 0 aromatic carbocycles. The highest BCUT2D eigenvalue weighted by Gasteiger charge is 2.19. The lowest BCUT2D eigenvalue weighted by Gasteiger charge is -2.28. The Balaban J connectivity index is 2.15. The van der Waals surface area contributed by atoms with Gasteiger partial charge in [-0.15, -0.1) is 0 Å². The standard InChI is InChI=1S/C11H20N2/c1-2-10-5-3-6-11(9-10)13-8-4-7-12/h10-11,13H,2-6,8-9H2,1H3. The van der Waals surface area contributed by atoms with Crippen LogP contribution in [-0.2, 0) is 0 Å². The normalized spacial score (nSPS) is 28.3. The Kier molecular flexibility index (Phi) is 4.85. The predicted octanol–water partition coefficient (Wildman–Crippen LogP) is 2.46. The molecule has 0 bridgehead atoms. The fourth-order valence-electron chi connectivity index (χ4n) is 2.18. The van der Waals surface area contributed by atoms with Gasteiger partial charge >= 0.3 is 0 Å². The molecule has 0 heterocycles. The van der Waals surface area contributed by atoms with Crippen LogP contribution < -0.4 is 5.32 Å². The van der Waals surface area contributed by atoms with Gasteiger partial charge in [-0.1, -0.05) is 26.2 Å². The van der Waals surface area contributed by atoms with Crippen molar-refractivity contribution < 1.29 is 0 Å². The van der Waals surface area contributed by atoms with E-state index in [2.05, 4.69) is 18.3 Å². The molecular weight excluding hydrogens is 160 g/mol. The summed E-state index contributed by atoms with van der Waals surface area (Å²) in [7, 11) is 0. The first-order valence-electron chi connectivity index (χ1n) is 5.47. The van der Waals surface area contributed by atoms with Crippen LogP contribution in [0.25, 0.3) is 0 Å². The molecule has 2 unspecified atom stereocenters. The second-order valence-corrected chi connectivity index (χ2v) is 4.00. The molecule has 0 spiro atoms. The first-order chi connectivity index (χ1) is 6.36. The molecule has 0 amide bonds. The molecule has 2 nitrogen and oxygen atoms in total. The molecule has 0 aromatic heterocycles. The Labute approximate surface area is 81.3 Å². The van der Waals surface area contributed by atoms with E-state index >= 15 is 0 Å². The second-order valence-electron chi connectivity index (χ2n) is 4.00. The topological polar surface area (TPSA) is 35.8 Å². The summed E-state index contributed by atoms with van der Waals surface area (Å²) >= 11 is 0. The minimum atomic E-state index is 0.646. The van der Waals surface area contributed by atoms with Gasteiger partial charge in [-0.2, -0.15) is 5.26 Å². The number of hydrogen-bond acceptors (Lipinski definition) is 2. The Morgan fingerprint density at radius 3 is 3.00 bits per heavy atom. The lowest BCUT2D eigenvalue weighted by Crippen LogP contribution is -2.34. The van der Waals surface area contributed by atoms with E-state index in [4.69, 9.17) is 5.26 Å². The number of hydrogen-bond donors (Lipinski definition) is 1. The Bertz CT molecular complexity index is 171. The Hall–Kier alpha value is -0.550. The van der Waals surface area contributed by atoms with E-state index in [0.717, 1.165) is 12.5 Å². The molecule has 1 aliphatic rings. The fourth-order valence-corrected chi connectivity index (χ4v) is 2.18. The zero-order chi connectivity index (χ0) is 9.52. The van der Waals surface area contributed by atoms with E-state index in [-0.39, 0.29) is 0 Å². The highest BCUT2D eigenvalue weighted by Crippen LogP contribution is 2.26. The molecule has 1 aliphatic carbocycles. The summed E-state index contributed by atoms with van der Waals surface area (Å²) in [6, 6.07) is 2.86. The predicted molar refractivity (Wildman–Crippen MR) is 54.3 cm³/mol. The van der Waals surface area contributed by atoms with Crippen LogP contribution in [0.5, 0.6) is 0 Å². The monoisotopic (exact) mass is 180 g/mol. The smallest absolute Gasteiger partial charge is 0.0635 e. The highest BCUT2D eigenvalue weighted by molar-refractivity contribution is 4.79. The van der Waals surface area contributed by atoms with Gasteiger partial charge in [-0.05, 0) is 18.8 Å². The molecule has 1 saturated carbocycles. The van der Waals surface area contributed by atoms with Crippen molar-refractivity contribution in [3.05, 3.63) is 0 Å². The summed E-state index contributed by atoms with van der Waals surface area (Å²) in [4.78, 5) is 0. The molecule has 2 heteroatoms. The lowest BCUT2D eigenvalue weighted by molar-refractivity contribution is 0.281. The average Bonchev–Trinajstić information content (AvgIpc) is 2.19. The van der Waals surface area contributed by atoms with E-state index in [1.165, 1.54) is 32.1 Å². The van der Waals surface area contributed by atoms with Gasteiger partial charge in [0.15, 0.2) is 0 Å². The van der Waals surface area contributed by atoms with Crippen molar-refractivity contribution in [2.45, 2.75) is 51.5 Å². The average molecular weight is 180 g/mol. The van der Waals surface area contributed by atoms with Crippen LogP contribution in [-0.4, -0.2) is 12.6 Å². The highest BCUT2D eigenvalue weighted by atomic mass is 14.9. The molecule has 13 heavy (non-hydrogen) atoms. The second kappa shape index (κ2) is 5.99. The molecular formula is C11H20N2. The van der Waals surface area contributed by atoms with Crippen LogP contribution >= 0.6 is 0 Å². The van der Waals surface area contributed by atoms with Crippen molar-refractivity contribution >= 4 is 0 Å². The third kappa shape index (κ3) is 3.78. The van der Waals surface area contributed by atoms with Gasteiger partial charge in [0, 0.05) is 19.0 Å². The maximum atomic E-state index is 8.40. The van der Waals surface area contributed by atoms with E-state index in [1.54, 1.807) is 0 Å². The van der Waals surface area contributed by atoms with Gasteiger partial charge in [0.05, 0.1) is 6.07 Å². The molecule has 0 aromatic rings. The van der Waals surface area contributed by atoms with Crippen LogP contribution in [0.4, 0.5) is 0 Å². The first kappa shape index (κ1) is 10.5. The zero-order valence-electron chi connectivity index (χ0n) is 8.55. The van der Waals surface area contributed by atoms with Crippen molar-refractivity contribution in [1.29, 1.82) is 5.26 Å². The molecule has 0 saturated heterocycles. The van der Waals surface area contributed by atoms with Gasteiger partial charge in [0.2, 0.25) is 0 Å². The van der Waals surface area contributed by atoms with Crippen LogP contribution in [0, 0.1) is 17.2 Å². The summed E-state index contributed by atoms with van der Waals surface area (Å²) in [5, 5.41) is 11.9. The van der Waals surface area contributed by atoms with E-state index in [9.17, 15) is 0 Å². The van der Waals surface area contributed by atoms with Gasteiger partial charge in [0.1, 0.15) is 0 Å². The van der Waals surface area contributed by atoms with Gasteiger partial charge in [-0.25, -0.2) is 0 Å². The molecule has 0 aliphatic heterocycles. The lowest BCUT2D eigenvalue weighted by atomic mass is 9.84. The third-order valence-corrected chi connectivity index (χ3v) is 3.03. The zero-order valence-corrected chi connectivity index (χ0v) is 8.55. The van der Waals surface area contributed by atoms with Gasteiger partial charge < -0.3 is 5.32 Å². The summed E-state index contributed by atoms with van der Waals surface area (Å²) in [6.07, 6.45) is 7.36. The number of nitrogens with zero attached hydrogens (tertiary/aromatic N) is 1. The van der Waals surface area contributed by atoms with E-state index < -0.39 is 0 Å². The summed E-state index contributed by atoms with van der Waals surface area (Å²) in [5.74, 6) is 0.924. The SMILES string of the molecule is CCC1CCCC(NCCC#N)C1. The van der Waals surface area contributed by atoms with Crippen molar-refractivity contribution in [1.82, 2.24) is 5.32 Å². The van der Waals surface area contributed by atoms with Crippen molar-refractivity contribution in [3.8, 4) is 6.07 Å². The maximum absolute atomic E-state index is 8.40. The Morgan fingerprint density at radius 1 is 1.46 bits per heavy atom. The number of nitriles is 1. The van der Waals surface area contributed by atoms with Crippen molar-refractivity contribution in [3.63, 3.8) is 0 Å². The largest absolute Gasteiger partial charge is 0.313 e. The Morgan fingerprint density at radius 2 is 2.31 bits per heavy atom. The molecule has 0 radical (unpaired) electrons. The number of nitrogens with one attached hydrogen (secondary N) is 1. The van der Waals surface area contributed by atoms with Crippen LogP contribution in [0.3, 0.4) is 0 Å². The minimum Gasteiger partial charge on any atom is -0.313 e. The first-order valence-corrected chi connectivity index (χ1v) is 5.47. The quantitative estimate of drug-likeness (QED) is 0.675. The molecule has 2 atom stereocenters. The number of rotatable bonds is 4. The summed E-state index contributed by atoms with van der Waals surface area (Å²) in [5.41, 5.74) is 0. The maximum Gasteiger partial charge on any atom is 0.0635 e. The van der Waals surface area contributed by atoms with E-state index in [1.807, 2.05) is 0 Å². The van der Waals surface area contributed by atoms with Crippen molar-refractivity contribution in [2.24, 2.45) is 5.92 Å². The van der Waals surface area contributed by atoms with Crippen LogP contribution in [0.2, 0.25) is 0 Å².